The maximum Gasteiger partial charge on any atom is 0.328 e. The van der Waals surface area contributed by atoms with Crippen molar-refractivity contribution in [2.24, 2.45) is 0 Å². The lowest BCUT2D eigenvalue weighted by Gasteiger charge is -2.16. The Kier molecular flexibility index (Phi) is 3.82. The van der Waals surface area contributed by atoms with Crippen LogP contribution in [0.15, 0.2) is 29.6 Å². The average molecular weight is 279 g/mol. The summed E-state index contributed by atoms with van der Waals surface area (Å²) in [4.78, 5) is 23.0. The van der Waals surface area contributed by atoms with Gasteiger partial charge in [0, 0.05) is 15.5 Å². The van der Waals surface area contributed by atoms with Crippen molar-refractivity contribution in [2.75, 3.05) is 0 Å². The number of aliphatic carboxylic acids is 1. The summed E-state index contributed by atoms with van der Waals surface area (Å²) < 4.78 is 0.955. The number of aliphatic hydroxyl groups excluding tert-OH is 1. The van der Waals surface area contributed by atoms with Gasteiger partial charge in [0.15, 0.2) is 6.04 Å². The van der Waals surface area contributed by atoms with Crippen molar-refractivity contribution in [3.8, 4) is 0 Å². The van der Waals surface area contributed by atoms with E-state index in [0.29, 0.717) is 5.56 Å². The Labute approximate surface area is 113 Å². The van der Waals surface area contributed by atoms with Crippen LogP contribution in [0.3, 0.4) is 0 Å². The second-order valence-electron chi connectivity index (χ2n) is 4.18. The largest absolute Gasteiger partial charge is 0.480 e. The Hall–Kier alpha value is -1.92. The molecule has 0 aliphatic heterocycles. The first-order valence-electron chi connectivity index (χ1n) is 5.68. The van der Waals surface area contributed by atoms with Crippen molar-refractivity contribution in [3.05, 3.63) is 35.2 Å². The van der Waals surface area contributed by atoms with Gasteiger partial charge in [-0.25, -0.2) is 4.79 Å². The summed E-state index contributed by atoms with van der Waals surface area (Å²) in [5.41, 5.74) is 0.424. The molecule has 5 nitrogen and oxygen atoms in total. The number of carbonyl (C=O) groups is 2. The molecule has 0 bridgehead atoms. The number of carboxylic acid groups (broad SMARTS) is 1. The van der Waals surface area contributed by atoms with E-state index in [1.807, 2.05) is 18.2 Å². The number of benzene rings is 1. The van der Waals surface area contributed by atoms with E-state index in [-0.39, 0.29) is 0 Å². The average Bonchev–Trinajstić information content (AvgIpc) is 2.78. The van der Waals surface area contributed by atoms with Gasteiger partial charge in [0.25, 0.3) is 5.91 Å². The highest BCUT2D eigenvalue weighted by atomic mass is 32.1. The summed E-state index contributed by atoms with van der Waals surface area (Å²) >= 11 is 1.42. The van der Waals surface area contributed by atoms with Crippen LogP contribution in [0.2, 0.25) is 0 Å². The highest BCUT2D eigenvalue weighted by Gasteiger charge is 2.26. The molecule has 1 heterocycles. The number of carboxylic acids is 1. The van der Waals surface area contributed by atoms with E-state index < -0.39 is 24.0 Å². The molecule has 2 atom stereocenters. The number of aliphatic hydroxyl groups is 1. The smallest absolute Gasteiger partial charge is 0.328 e. The molecule has 0 saturated heterocycles. The Balaban J connectivity index is 2.27. The maximum atomic E-state index is 12.1. The summed E-state index contributed by atoms with van der Waals surface area (Å²) in [6.07, 6.45) is -1.16. The molecule has 100 valence electrons. The van der Waals surface area contributed by atoms with Gasteiger partial charge in [-0.1, -0.05) is 18.2 Å². The molecule has 19 heavy (non-hydrogen) atoms. The van der Waals surface area contributed by atoms with Gasteiger partial charge in [0.1, 0.15) is 0 Å². The van der Waals surface area contributed by atoms with Crippen molar-refractivity contribution in [1.29, 1.82) is 0 Å². The molecular formula is C13H13NO4S. The highest BCUT2D eigenvalue weighted by Crippen LogP contribution is 2.25. The first-order valence-corrected chi connectivity index (χ1v) is 6.56. The molecule has 2 rings (SSSR count). The Bertz CT molecular complexity index is 620. The van der Waals surface area contributed by atoms with Crippen LogP contribution >= 0.6 is 11.3 Å². The summed E-state index contributed by atoms with van der Waals surface area (Å²) in [5, 5.41) is 23.1. The van der Waals surface area contributed by atoms with Gasteiger partial charge < -0.3 is 15.5 Å². The van der Waals surface area contributed by atoms with Crippen LogP contribution < -0.4 is 5.32 Å². The minimum atomic E-state index is -1.31. The number of thiophene rings is 1. The molecule has 0 saturated carbocycles. The summed E-state index contributed by atoms with van der Waals surface area (Å²) in [6, 6.07) is 6.07. The molecular weight excluding hydrogens is 266 g/mol. The molecule has 1 aromatic carbocycles. The van der Waals surface area contributed by atoms with E-state index in [2.05, 4.69) is 5.32 Å². The topological polar surface area (TPSA) is 86.6 Å². The molecule has 0 aliphatic carbocycles. The number of carbonyl (C=O) groups excluding carboxylic acids is 1. The second-order valence-corrected chi connectivity index (χ2v) is 5.09. The summed E-state index contributed by atoms with van der Waals surface area (Å²) in [5.74, 6) is -1.76. The molecule has 6 heteroatoms. The lowest BCUT2D eigenvalue weighted by molar-refractivity contribution is -0.141. The number of hydrogen-bond donors (Lipinski definition) is 3. The van der Waals surface area contributed by atoms with Gasteiger partial charge >= 0.3 is 5.97 Å². The van der Waals surface area contributed by atoms with Gasteiger partial charge in [-0.05, 0) is 13.0 Å². The molecule has 1 amide bonds. The predicted octanol–water partition coefficient (Wildman–Crippen LogP) is 1.47. The fourth-order valence-electron chi connectivity index (χ4n) is 1.76. The number of fused-ring (bicyclic) bond motifs is 1. The Morgan fingerprint density at radius 2 is 2.00 bits per heavy atom. The molecule has 0 radical (unpaired) electrons. The zero-order valence-electron chi connectivity index (χ0n) is 10.2. The molecule has 3 N–H and O–H groups in total. The third-order valence-corrected chi connectivity index (χ3v) is 3.72. The fourth-order valence-corrected chi connectivity index (χ4v) is 2.70. The normalized spacial score (nSPS) is 14.0. The van der Waals surface area contributed by atoms with E-state index >= 15 is 0 Å². The van der Waals surface area contributed by atoms with Crippen LogP contribution in [0.5, 0.6) is 0 Å². The van der Waals surface area contributed by atoms with Crippen molar-refractivity contribution >= 4 is 33.3 Å². The van der Waals surface area contributed by atoms with E-state index in [0.717, 1.165) is 10.1 Å². The predicted molar refractivity (Wildman–Crippen MR) is 72.4 cm³/mol. The third kappa shape index (κ3) is 2.74. The van der Waals surface area contributed by atoms with Crippen LogP contribution in [-0.2, 0) is 4.79 Å². The lowest BCUT2D eigenvalue weighted by atomic mass is 10.1. The van der Waals surface area contributed by atoms with Gasteiger partial charge in [-0.2, -0.15) is 0 Å². The molecule has 0 aliphatic rings. The van der Waals surface area contributed by atoms with Crippen molar-refractivity contribution in [3.63, 3.8) is 0 Å². The van der Waals surface area contributed by atoms with Gasteiger partial charge in [0.05, 0.1) is 11.7 Å². The third-order valence-electron chi connectivity index (χ3n) is 2.76. The first kappa shape index (κ1) is 13.5. The summed E-state index contributed by atoms with van der Waals surface area (Å²) in [7, 11) is 0. The molecule has 0 unspecified atom stereocenters. The van der Waals surface area contributed by atoms with E-state index in [1.54, 1.807) is 11.4 Å². The molecule has 0 fully saturated rings. The standard InChI is InChI=1S/C13H13NO4S/c1-7(15)11(13(17)18)14-12(16)9-6-19-10-5-3-2-4-8(9)10/h2-7,11,15H,1H3,(H,14,16)(H,17,18)/t7-,11+/m1/s1. The fraction of sp³-hybridized carbons (Fsp3) is 0.231. The van der Waals surface area contributed by atoms with Gasteiger partial charge in [-0.15, -0.1) is 11.3 Å². The quantitative estimate of drug-likeness (QED) is 0.791. The monoisotopic (exact) mass is 279 g/mol. The maximum absolute atomic E-state index is 12.1. The second kappa shape index (κ2) is 5.38. The Morgan fingerprint density at radius 1 is 1.32 bits per heavy atom. The van der Waals surface area contributed by atoms with Crippen molar-refractivity contribution < 1.29 is 19.8 Å². The first-order chi connectivity index (χ1) is 9.00. The number of amides is 1. The van der Waals surface area contributed by atoms with E-state index in [1.165, 1.54) is 18.3 Å². The minimum Gasteiger partial charge on any atom is -0.480 e. The van der Waals surface area contributed by atoms with Crippen LogP contribution in [0.4, 0.5) is 0 Å². The van der Waals surface area contributed by atoms with Crippen LogP contribution in [0.25, 0.3) is 10.1 Å². The minimum absolute atomic E-state index is 0.424. The summed E-state index contributed by atoms with van der Waals surface area (Å²) in [6.45, 7) is 1.32. The number of hydrogen-bond acceptors (Lipinski definition) is 4. The van der Waals surface area contributed by atoms with E-state index in [4.69, 9.17) is 5.11 Å². The lowest BCUT2D eigenvalue weighted by Crippen LogP contribution is -2.47. The number of rotatable bonds is 4. The number of nitrogens with one attached hydrogen (secondary N) is 1. The van der Waals surface area contributed by atoms with Crippen LogP contribution in [0.1, 0.15) is 17.3 Å². The van der Waals surface area contributed by atoms with E-state index in [9.17, 15) is 14.7 Å². The molecule has 0 spiro atoms. The Morgan fingerprint density at radius 3 is 2.63 bits per heavy atom. The molecule has 1 aromatic heterocycles. The highest BCUT2D eigenvalue weighted by molar-refractivity contribution is 7.17. The zero-order valence-corrected chi connectivity index (χ0v) is 11.0. The van der Waals surface area contributed by atoms with Crippen molar-refractivity contribution in [2.45, 2.75) is 19.1 Å². The zero-order chi connectivity index (χ0) is 14.0. The van der Waals surface area contributed by atoms with Crippen molar-refractivity contribution in [1.82, 2.24) is 5.32 Å². The van der Waals surface area contributed by atoms with Gasteiger partial charge in [-0.3, -0.25) is 4.79 Å². The SMILES string of the molecule is C[C@@H](O)[C@H](NC(=O)c1csc2ccccc12)C(=O)O. The molecule has 2 aromatic rings. The van der Waals surface area contributed by atoms with Crippen LogP contribution in [-0.4, -0.2) is 34.2 Å². The van der Waals surface area contributed by atoms with Crippen LogP contribution in [0, 0.1) is 0 Å². The van der Waals surface area contributed by atoms with Gasteiger partial charge in [0.2, 0.25) is 0 Å².